The van der Waals surface area contributed by atoms with Gasteiger partial charge >= 0.3 is 0 Å². The average molecular weight is 279 g/mol. The number of methoxy groups -OCH3 is 1. The van der Waals surface area contributed by atoms with Crippen molar-refractivity contribution < 1.29 is 9.53 Å². The molecule has 3 nitrogen and oxygen atoms in total. The topological polar surface area (TPSA) is 31.2 Å². The first-order chi connectivity index (χ1) is 10.3. The summed E-state index contributed by atoms with van der Waals surface area (Å²) in [4.78, 5) is 12.2. The predicted octanol–water partition coefficient (Wildman–Crippen LogP) is 3.46. The average Bonchev–Trinajstić information content (AvgIpc) is 2.91. The highest BCUT2D eigenvalue weighted by Crippen LogP contribution is 2.26. The molecule has 0 saturated heterocycles. The first-order valence-electron chi connectivity index (χ1n) is 6.95. The van der Waals surface area contributed by atoms with Crippen LogP contribution in [0.5, 0.6) is 5.75 Å². The highest BCUT2D eigenvalue weighted by Gasteiger charge is 2.09. The van der Waals surface area contributed by atoms with Crippen molar-refractivity contribution in [2.24, 2.45) is 0 Å². The van der Waals surface area contributed by atoms with Gasteiger partial charge in [-0.15, -0.1) is 0 Å². The van der Waals surface area contributed by atoms with Gasteiger partial charge in [-0.05, 0) is 23.8 Å². The van der Waals surface area contributed by atoms with Crippen LogP contribution in [0.3, 0.4) is 0 Å². The normalized spacial score (nSPS) is 10.7. The predicted molar refractivity (Wildman–Crippen MR) is 83.6 cm³/mol. The maximum Gasteiger partial charge on any atom is 0.156 e. The van der Waals surface area contributed by atoms with E-state index in [2.05, 4.69) is 0 Å². The van der Waals surface area contributed by atoms with Crippen LogP contribution in [0, 0.1) is 0 Å². The fraction of sp³-hybridized carbons (Fsp3) is 0.167. The molecule has 21 heavy (non-hydrogen) atoms. The van der Waals surface area contributed by atoms with Crippen LogP contribution in [0.15, 0.2) is 60.8 Å². The maximum absolute atomic E-state index is 12.2. The number of rotatable bonds is 5. The number of aromatic nitrogens is 1. The van der Waals surface area contributed by atoms with E-state index in [1.165, 1.54) is 0 Å². The van der Waals surface area contributed by atoms with Crippen LogP contribution in [0.4, 0.5) is 0 Å². The summed E-state index contributed by atoms with van der Waals surface area (Å²) in [6, 6.07) is 17.7. The molecule has 1 aromatic heterocycles. The molecular weight excluding hydrogens is 262 g/mol. The van der Waals surface area contributed by atoms with Gasteiger partial charge in [-0.1, -0.05) is 36.4 Å². The Hall–Kier alpha value is -2.55. The lowest BCUT2D eigenvalue weighted by molar-refractivity contribution is -0.118. The Kier molecular flexibility index (Phi) is 3.73. The first kappa shape index (κ1) is 13.4. The van der Waals surface area contributed by atoms with E-state index >= 15 is 0 Å². The molecule has 0 unspecified atom stereocenters. The molecule has 1 heterocycles. The highest BCUT2D eigenvalue weighted by molar-refractivity contribution is 5.88. The molecule has 0 fully saturated rings. The Labute approximate surface area is 123 Å². The molecule has 0 amide bonds. The molecule has 106 valence electrons. The van der Waals surface area contributed by atoms with Crippen molar-refractivity contribution in [3.63, 3.8) is 0 Å². The summed E-state index contributed by atoms with van der Waals surface area (Å²) in [7, 11) is 1.66. The van der Waals surface area contributed by atoms with Crippen LogP contribution < -0.4 is 4.74 Å². The third-order valence-electron chi connectivity index (χ3n) is 3.58. The highest BCUT2D eigenvalue weighted by atomic mass is 16.5. The molecule has 0 spiro atoms. The third kappa shape index (κ3) is 2.82. The zero-order valence-electron chi connectivity index (χ0n) is 12.0. The fourth-order valence-electron chi connectivity index (χ4n) is 2.58. The van der Waals surface area contributed by atoms with Gasteiger partial charge in [-0.3, -0.25) is 4.79 Å². The molecule has 0 aliphatic rings. The van der Waals surface area contributed by atoms with Crippen LogP contribution in [-0.2, 0) is 17.8 Å². The van der Waals surface area contributed by atoms with Gasteiger partial charge in [-0.25, -0.2) is 0 Å². The van der Waals surface area contributed by atoms with Gasteiger partial charge in [0.2, 0.25) is 0 Å². The van der Waals surface area contributed by atoms with Crippen LogP contribution >= 0.6 is 0 Å². The second-order valence-corrected chi connectivity index (χ2v) is 5.04. The number of fused-ring (bicyclic) bond motifs is 1. The van der Waals surface area contributed by atoms with Crippen molar-refractivity contribution in [2.45, 2.75) is 13.0 Å². The number of ketones is 1. The number of carbonyl (C=O) groups is 1. The summed E-state index contributed by atoms with van der Waals surface area (Å²) in [6.45, 7) is 0.381. The minimum absolute atomic E-state index is 0.196. The number of hydrogen-bond donors (Lipinski definition) is 0. The van der Waals surface area contributed by atoms with E-state index in [-0.39, 0.29) is 5.78 Å². The van der Waals surface area contributed by atoms with E-state index in [9.17, 15) is 4.79 Å². The zero-order valence-corrected chi connectivity index (χ0v) is 12.0. The van der Waals surface area contributed by atoms with E-state index in [1.54, 1.807) is 7.11 Å². The lowest BCUT2D eigenvalue weighted by Gasteiger charge is -2.06. The summed E-state index contributed by atoms with van der Waals surface area (Å²) in [5.74, 6) is 1.03. The van der Waals surface area contributed by atoms with Crippen LogP contribution in [0.1, 0.15) is 5.56 Å². The van der Waals surface area contributed by atoms with E-state index < -0.39 is 0 Å². The summed E-state index contributed by atoms with van der Waals surface area (Å²) in [5, 5.41) is 1.03. The molecule has 3 heteroatoms. The number of nitrogens with zero attached hydrogens (tertiary/aromatic N) is 1. The Bertz CT molecular complexity index is 759. The summed E-state index contributed by atoms with van der Waals surface area (Å²) in [6.07, 6.45) is 2.40. The second-order valence-electron chi connectivity index (χ2n) is 5.04. The SMILES string of the molecule is COc1cccc2c1ccn2CC(=O)Cc1ccccc1. The van der Waals surface area contributed by atoms with Gasteiger partial charge in [-0.2, -0.15) is 0 Å². The van der Waals surface area contributed by atoms with E-state index in [0.29, 0.717) is 13.0 Å². The molecule has 0 N–H and O–H groups in total. The van der Waals surface area contributed by atoms with Crippen LogP contribution in [-0.4, -0.2) is 17.5 Å². The molecule has 2 aromatic carbocycles. The summed E-state index contributed by atoms with van der Waals surface area (Å²) in [5.41, 5.74) is 2.08. The molecule has 0 saturated carbocycles. The Morgan fingerprint density at radius 2 is 1.86 bits per heavy atom. The smallest absolute Gasteiger partial charge is 0.156 e. The monoisotopic (exact) mass is 279 g/mol. The van der Waals surface area contributed by atoms with Gasteiger partial charge in [0.1, 0.15) is 5.75 Å². The zero-order chi connectivity index (χ0) is 14.7. The van der Waals surface area contributed by atoms with Crippen molar-refractivity contribution in [3.8, 4) is 5.75 Å². The van der Waals surface area contributed by atoms with Gasteiger partial charge < -0.3 is 9.30 Å². The molecule has 0 radical (unpaired) electrons. The van der Waals surface area contributed by atoms with Gasteiger partial charge in [0.05, 0.1) is 19.2 Å². The minimum atomic E-state index is 0.196. The number of benzene rings is 2. The molecule has 3 aromatic rings. The lowest BCUT2D eigenvalue weighted by Crippen LogP contribution is -2.11. The quantitative estimate of drug-likeness (QED) is 0.716. The van der Waals surface area contributed by atoms with Crippen molar-refractivity contribution in [1.29, 1.82) is 0 Å². The first-order valence-corrected chi connectivity index (χ1v) is 6.95. The van der Waals surface area contributed by atoms with Gasteiger partial charge in [0.25, 0.3) is 0 Å². The van der Waals surface area contributed by atoms with Crippen LogP contribution in [0.25, 0.3) is 10.9 Å². The molecular formula is C18H17NO2. The molecule has 0 aliphatic heterocycles. The van der Waals surface area contributed by atoms with E-state index in [1.807, 2.05) is 65.4 Å². The third-order valence-corrected chi connectivity index (χ3v) is 3.58. The van der Waals surface area contributed by atoms with Crippen LogP contribution in [0.2, 0.25) is 0 Å². The Morgan fingerprint density at radius 1 is 1.05 bits per heavy atom. The standard InChI is InChI=1S/C18H17NO2/c1-21-18-9-5-8-17-16(18)10-11-19(17)13-15(20)12-14-6-3-2-4-7-14/h2-11H,12-13H2,1H3. The van der Waals surface area contributed by atoms with Gasteiger partial charge in [0.15, 0.2) is 5.78 Å². The molecule has 3 rings (SSSR count). The second kappa shape index (κ2) is 5.83. The van der Waals surface area contributed by atoms with Crippen molar-refractivity contribution in [3.05, 3.63) is 66.4 Å². The van der Waals surface area contributed by atoms with E-state index in [0.717, 1.165) is 22.2 Å². The molecule has 0 aliphatic carbocycles. The summed E-state index contributed by atoms with van der Waals surface area (Å²) >= 11 is 0. The van der Waals surface area contributed by atoms with Crippen molar-refractivity contribution >= 4 is 16.7 Å². The Balaban J connectivity index is 1.80. The number of ether oxygens (including phenoxy) is 1. The lowest BCUT2D eigenvalue weighted by atomic mass is 10.1. The van der Waals surface area contributed by atoms with Gasteiger partial charge in [0, 0.05) is 18.0 Å². The maximum atomic E-state index is 12.2. The van der Waals surface area contributed by atoms with Crippen molar-refractivity contribution in [2.75, 3.05) is 7.11 Å². The number of Topliss-reactive ketones (excluding diaryl/α,β-unsaturated/α-hetero) is 1. The van der Waals surface area contributed by atoms with Crippen molar-refractivity contribution in [1.82, 2.24) is 4.57 Å². The largest absolute Gasteiger partial charge is 0.496 e. The number of hydrogen-bond acceptors (Lipinski definition) is 2. The minimum Gasteiger partial charge on any atom is -0.496 e. The molecule has 0 atom stereocenters. The molecule has 0 bridgehead atoms. The number of carbonyl (C=O) groups excluding carboxylic acids is 1. The Morgan fingerprint density at radius 3 is 2.62 bits per heavy atom. The fourth-order valence-corrected chi connectivity index (χ4v) is 2.58. The van der Waals surface area contributed by atoms with E-state index in [4.69, 9.17) is 4.74 Å². The summed E-state index contributed by atoms with van der Waals surface area (Å²) < 4.78 is 7.32.